The molecule has 0 aromatic heterocycles. The first-order valence-corrected chi connectivity index (χ1v) is 7.96. The van der Waals surface area contributed by atoms with Gasteiger partial charge in [-0.2, -0.15) is 0 Å². The fourth-order valence-corrected chi connectivity index (χ4v) is 2.56. The van der Waals surface area contributed by atoms with Gasteiger partial charge in [0.05, 0.1) is 5.02 Å². The summed E-state index contributed by atoms with van der Waals surface area (Å²) in [5.41, 5.74) is 0. The molecule has 0 aliphatic heterocycles. The number of halogens is 1. The van der Waals surface area contributed by atoms with Gasteiger partial charge in [-0.3, -0.25) is 4.79 Å². The zero-order valence-corrected chi connectivity index (χ0v) is 14.3. The molecule has 0 saturated heterocycles. The second-order valence-corrected chi connectivity index (χ2v) is 6.37. The lowest BCUT2D eigenvalue weighted by molar-refractivity contribution is -0.129. The van der Waals surface area contributed by atoms with Crippen LogP contribution in [0.1, 0.15) is 41.0 Å². The lowest BCUT2D eigenvalue weighted by Gasteiger charge is -2.28. The summed E-state index contributed by atoms with van der Waals surface area (Å²) in [5.74, 6) is 1.23. The topological polar surface area (TPSA) is 38.3 Å². The maximum absolute atomic E-state index is 12.4. The van der Waals surface area contributed by atoms with E-state index in [1.54, 1.807) is 12.1 Å². The molecule has 1 aromatic rings. The Kier molecular flexibility index (Phi) is 7.03. The number of nitrogens with one attached hydrogen (secondary N) is 1. The smallest absolute Gasteiger partial charge is 0.261 e. The molecule has 0 bridgehead atoms. The summed E-state index contributed by atoms with van der Waals surface area (Å²) < 4.78 is 5.77. The normalized spacial score (nSPS) is 12.8. The van der Waals surface area contributed by atoms with Gasteiger partial charge in [0.2, 0.25) is 0 Å². The van der Waals surface area contributed by atoms with Gasteiger partial charge in [-0.15, -0.1) is 0 Å². The molecule has 1 N–H and O–H groups in total. The Hall–Kier alpha value is -1.22. The average Bonchev–Trinajstić information content (AvgIpc) is 2.42. The molecule has 1 unspecified atom stereocenters. The first kappa shape index (κ1) is 17.8. The zero-order valence-electron chi connectivity index (χ0n) is 13.5. The monoisotopic (exact) mass is 311 g/mol. The average molecular weight is 312 g/mol. The van der Waals surface area contributed by atoms with Crippen molar-refractivity contribution in [1.29, 1.82) is 0 Å². The Morgan fingerprint density at radius 3 is 2.24 bits per heavy atom. The molecule has 118 valence electrons. The van der Waals surface area contributed by atoms with Gasteiger partial charge in [-0.1, -0.05) is 58.4 Å². The Labute approximate surface area is 133 Å². The van der Waals surface area contributed by atoms with Crippen LogP contribution >= 0.6 is 11.6 Å². The summed E-state index contributed by atoms with van der Waals surface area (Å²) in [5, 5.41) is 3.62. The van der Waals surface area contributed by atoms with Crippen molar-refractivity contribution in [2.24, 2.45) is 11.8 Å². The molecule has 3 nitrogen and oxygen atoms in total. The van der Waals surface area contributed by atoms with Gasteiger partial charge in [-0.25, -0.2) is 0 Å². The number of benzene rings is 1. The van der Waals surface area contributed by atoms with Crippen LogP contribution in [-0.4, -0.2) is 18.1 Å². The maximum atomic E-state index is 12.4. The number of hydrogen-bond acceptors (Lipinski definition) is 2. The summed E-state index contributed by atoms with van der Waals surface area (Å²) >= 11 is 6.08. The van der Waals surface area contributed by atoms with Crippen LogP contribution in [0.3, 0.4) is 0 Å². The van der Waals surface area contributed by atoms with E-state index in [0.29, 0.717) is 29.0 Å². The van der Waals surface area contributed by atoms with Crippen molar-refractivity contribution in [1.82, 2.24) is 5.32 Å². The van der Waals surface area contributed by atoms with Crippen molar-refractivity contribution in [3.05, 3.63) is 29.3 Å². The predicted molar refractivity (Wildman–Crippen MR) is 87.8 cm³/mol. The molecule has 1 amide bonds. The molecule has 0 saturated carbocycles. The fraction of sp³-hybridized carbons (Fsp3) is 0.588. The first-order valence-electron chi connectivity index (χ1n) is 7.58. The second-order valence-electron chi connectivity index (χ2n) is 5.97. The van der Waals surface area contributed by atoms with Crippen LogP contribution in [0.15, 0.2) is 24.3 Å². The van der Waals surface area contributed by atoms with E-state index in [1.807, 2.05) is 19.1 Å². The summed E-state index contributed by atoms with van der Waals surface area (Å²) in [6.45, 7) is 10.4. The van der Waals surface area contributed by atoms with Crippen molar-refractivity contribution in [3.8, 4) is 5.75 Å². The lowest BCUT2D eigenvalue weighted by Crippen LogP contribution is -2.48. The van der Waals surface area contributed by atoms with E-state index in [0.717, 1.165) is 0 Å². The molecule has 0 spiro atoms. The number of para-hydroxylation sites is 1. The van der Waals surface area contributed by atoms with Gasteiger partial charge in [0, 0.05) is 6.04 Å². The number of carbonyl (C=O) groups is 1. The Bertz CT molecular complexity index is 452. The Morgan fingerprint density at radius 1 is 1.19 bits per heavy atom. The minimum Gasteiger partial charge on any atom is -0.479 e. The molecule has 0 aliphatic carbocycles. The van der Waals surface area contributed by atoms with Crippen LogP contribution in [0.4, 0.5) is 0 Å². The van der Waals surface area contributed by atoms with Crippen LogP contribution in [0.5, 0.6) is 5.75 Å². The van der Waals surface area contributed by atoms with E-state index in [-0.39, 0.29) is 11.9 Å². The summed E-state index contributed by atoms with van der Waals surface area (Å²) in [6.07, 6.45) is 0.0739. The maximum Gasteiger partial charge on any atom is 0.261 e. The fourth-order valence-electron chi connectivity index (χ4n) is 2.38. The largest absolute Gasteiger partial charge is 0.479 e. The van der Waals surface area contributed by atoms with Crippen LogP contribution in [0.25, 0.3) is 0 Å². The Balaban J connectivity index is 2.76. The van der Waals surface area contributed by atoms with Crippen LogP contribution < -0.4 is 10.1 Å². The number of rotatable bonds is 7. The van der Waals surface area contributed by atoms with Crippen LogP contribution in [0, 0.1) is 11.8 Å². The number of amides is 1. The first-order chi connectivity index (χ1) is 9.86. The minimum absolute atomic E-state index is 0.0789. The van der Waals surface area contributed by atoms with E-state index >= 15 is 0 Å². The zero-order chi connectivity index (χ0) is 16.0. The number of carbonyl (C=O) groups excluding carboxylic acids is 1. The molecule has 21 heavy (non-hydrogen) atoms. The van der Waals surface area contributed by atoms with E-state index in [2.05, 4.69) is 33.0 Å². The summed E-state index contributed by atoms with van der Waals surface area (Å²) in [4.78, 5) is 12.4. The van der Waals surface area contributed by atoms with E-state index in [9.17, 15) is 4.79 Å². The highest BCUT2D eigenvalue weighted by Crippen LogP contribution is 2.25. The highest BCUT2D eigenvalue weighted by Gasteiger charge is 2.25. The third-order valence-electron chi connectivity index (χ3n) is 3.51. The predicted octanol–water partition coefficient (Wildman–Crippen LogP) is 4.29. The van der Waals surface area contributed by atoms with E-state index < -0.39 is 6.10 Å². The molecule has 4 heteroatoms. The van der Waals surface area contributed by atoms with Crippen molar-refractivity contribution in [2.45, 2.75) is 53.2 Å². The van der Waals surface area contributed by atoms with Gasteiger partial charge in [0.1, 0.15) is 5.75 Å². The SMILES string of the molecule is CCC(Oc1ccccc1Cl)C(=O)NC(C(C)C)C(C)C. The molecule has 0 radical (unpaired) electrons. The van der Waals surface area contributed by atoms with Gasteiger partial charge in [-0.05, 0) is 30.4 Å². The number of hydrogen-bond donors (Lipinski definition) is 1. The molecule has 1 rings (SSSR count). The highest BCUT2D eigenvalue weighted by atomic mass is 35.5. The van der Waals surface area contributed by atoms with Gasteiger partial charge in [0.25, 0.3) is 5.91 Å². The van der Waals surface area contributed by atoms with Crippen molar-refractivity contribution in [2.75, 3.05) is 0 Å². The Morgan fingerprint density at radius 2 is 1.76 bits per heavy atom. The van der Waals surface area contributed by atoms with E-state index in [1.165, 1.54) is 0 Å². The molecule has 0 aliphatic rings. The van der Waals surface area contributed by atoms with Gasteiger partial charge in [0.15, 0.2) is 6.10 Å². The molecular formula is C17H26ClNO2. The molecule has 0 fully saturated rings. The van der Waals surface area contributed by atoms with Gasteiger partial charge < -0.3 is 10.1 Å². The second kappa shape index (κ2) is 8.28. The summed E-state index contributed by atoms with van der Waals surface area (Å²) in [7, 11) is 0. The highest BCUT2D eigenvalue weighted by molar-refractivity contribution is 6.32. The molecule has 0 heterocycles. The van der Waals surface area contributed by atoms with Crippen LogP contribution in [0.2, 0.25) is 5.02 Å². The van der Waals surface area contributed by atoms with Crippen molar-refractivity contribution >= 4 is 17.5 Å². The third kappa shape index (κ3) is 5.24. The standard InChI is InChI=1S/C17H26ClNO2/c1-6-14(21-15-10-8-7-9-13(15)18)17(20)19-16(11(2)3)12(4)5/h7-12,14,16H,6H2,1-5H3,(H,19,20). The minimum atomic E-state index is -0.523. The third-order valence-corrected chi connectivity index (χ3v) is 3.83. The van der Waals surface area contributed by atoms with Crippen molar-refractivity contribution in [3.63, 3.8) is 0 Å². The number of ether oxygens (including phenoxy) is 1. The van der Waals surface area contributed by atoms with Gasteiger partial charge >= 0.3 is 0 Å². The van der Waals surface area contributed by atoms with Crippen molar-refractivity contribution < 1.29 is 9.53 Å². The quantitative estimate of drug-likeness (QED) is 0.815. The molecule has 1 atom stereocenters. The van der Waals surface area contributed by atoms with Crippen LogP contribution in [-0.2, 0) is 4.79 Å². The lowest BCUT2D eigenvalue weighted by atomic mass is 9.93. The molecule has 1 aromatic carbocycles. The van der Waals surface area contributed by atoms with E-state index in [4.69, 9.17) is 16.3 Å². The summed E-state index contributed by atoms with van der Waals surface area (Å²) in [6, 6.07) is 7.36. The molecular weight excluding hydrogens is 286 g/mol.